The summed E-state index contributed by atoms with van der Waals surface area (Å²) in [6.45, 7) is 2.14. The van der Waals surface area contributed by atoms with Crippen molar-refractivity contribution in [3.8, 4) is 0 Å². The number of rotatable bonds is 3. The maximum absolute atomic E-state index is 12.7. The molecule has 1 aliphatic heterocycles. The average Bonchev–Trinajstić information content (AvgIpc) is 2.86. The van der Waals surface area contributed by atoms with Crippen LogP contribution < -0.4 is 5.73 Å². The normalized spacial score (nSPS) is 19.7. The second-order valence-electron chi connectivity index (χ2n) is 4.56. The zero-order valence-electron chi connectivity index (χ0n) is 10.2. The first-order chi connectivity index (χ1) is 8.69. The fraction of sp³-hybridized carbons (Fsp3) is 0.357. The van der Waals surface area contributed by atoms with E-state index < -0.39 is 0 Å². The first kappa shape index (κ1) is 12.8. The van der Waals surface area contributed by atoms with Gasteiger partial charge in [-0.2, -0.15) is 0 Å². The average molecular weight is 248 g/mol. The van der Waals surface area contributed by atoms with E-state index in [1.54, 1.807) is 23.1 Å². The van der Waals surface area contributed by atoms with Gasteiger partial charge in [-0.15, -0.1) is 0 Å². The zero-order chi connectivity index (χ0) is 13.0. The van der Waals surface area contributed by atoms with Gasteiger partial charge in [-0.3, -0.25) is 4.79 Å². The lowest BCUT2D eigenvalue weighted by Gasteiger charge is -2.13. The summed E-state index contributed by atoms with van der Waals surface area (Å²) in [5, 5.41) is 0. The van der Waals surface area contributed by atoms with Crippen molar-refractivity contribution >= 4 is 12.0 Å². The predicted molar refractivity (Wildman–Crippen MR) is 69.2 cm³/mol. The van der Waals surface area contributed by atoms with E-state index in [0.29, 0.717) is 12.5 Å². The third-order valence-corrected chi connectivity index (χ3v) is 3.22. The van der Waals surface area contributed by atoms with Crippen LogP contribution in [-0.4, -0.2) is 30.4 Å². The Bertz CT molecular complexity index is 442. The number of carbonyl (C=O) groups is 1. The fourth-order valence-corrected chi connectivity index (χ4v) is 2.07. The first-order valence-corrected chi connectivity index (χ1v) is 6.11. The molecule has 0 saturated carbocycles. The molecule has 0 unspecified atom stereocenters. The summed E-state index contributed by atoms with van der Waals surface area (Å²) < 4.78 is 12.7. The molecule has 1 atom stereocenters. The van der Waals surface area contributed by atoms with Crippen LogP contribution in [0.3, 0.4) is 0 Å². The Labute approximate surface area is 106 Å². The number of benzene rings is 1. The Morgan fingerprint density at radius 2 is 2.17 bits per heavy atom. The Hall–Kier alpha value is -1.68. The number of nitrogens with zero attached hydrogens (tertiary/aromatic N) is 1. The Kier molecular flexibility index (Phi) is 4.10. The van der Waals surface area contributed by atoms with E-state index in [-0.39, 0.29) is 11.7 Å². The molecule has 1 aliphatic rings. The standard InChI is InChI=1S/C14H17FN2O/c15-13-4-1-11(2-5-13)3-6-14(18)17-8-7-12(9-16)10-17/h1-6,12H,7-10,16H2/b6-3-/t12-/m1/s1. The van der Waals surface area contributed by atoms with E-state index in [4.69, 9.17) is 5.73 Å². The van der Waals surface area contributed by atoms with Crippen LogP contribution in [0.15, 0.2) is 30.3 Å². The molecular weight excluding hydrogens is 231 g/mol. The molecule has 0 aliphatic carbocycles. The maximum Gasteiger partial charge on any atom is 0.246 e. The minimum absolute atomic E-state index is 0.00437. The molecule has 18 heavy (non-hydrogen) atoms. The van der Waals surface area contributed by atoms with Gasteiger partial charge in [0, 0.05) is 19.2 Å². The van der Waals surface area contributed by atoms with Crippen LogP contribution in [0.5, 0.6) is 0 Å². The van der Waals surface area contributed by atoms with Gasteiger partial charge >= 0.3 is 0 Å². The van der Waals surface area contributed by atoms with E-state index in [2.05, 4.69) is 0 Å². The van der Waals surface area contributed by atoms with Crippen LogP contribution in [-0.2, 0) is 4.79 Å². The highest BCUT2D eigenvalue weighted by Gasteiger charge is 2.23. The monoisotopic (exact) mass is 248 g/mol. The number of hydrogen-bond donors (Lipinski definition) is 1. The van der Waals surface area contributed by atoms with Gasteiger partial charge in [-0.05, 0) is 42.7 Å². The van der Waals surface area contributed by atoms with Gasteiger partial charge in [0.2, 0.25) is 5.91 Å². The molecule has 1 saturated heterocycles. The molecular formula is C14H17FN2O. The molecule has 96 valence electrons. The Balaban J connectivity index is 1.93. The predicted octanol–water partition coefficient (Wildman–Crippen LogP) is 1.65. The van der Waals surface area contributed by atoms with Gasteiger partial charge in [0.25, 0.3) is 0 Å². The van der Waals surface area contributed by atoms with E-state index in [0.717, 1.165) is 25.1 Å². The second-order valence-corrected chi connectivity index (χ2v) is 4.56. The van der Waals surface area contributed by atoms with Crippen LogP contribution in [0, 0.1) is 11.7 Å². The zero-order valence-corrected chi connectivity index (χ0v) is 10.2. The summed E-state index contributed by atoms with van der Waals surface area (Å²) in [6, 6.07) is 6.05. The van der Waals surface area contributed by atoms with Crippen molar-refractivity contribution in [2.45, 2.75) is 6.42 Å². The maximum atomic E-state index is 12.7. The number of hydrogen-bond acceptors (Lipinski definition) is 2. The fourth-order valence-electron chi connectivity index (χ4n) is 2.07. The Morgan fingerprint density at radius 1 is 1.44 bits per heavy atom. The highest BCUT2D eigenvalue weighted by molar-refractivity contribution is 5.91. The number of carbonyl (C=O) groups excluding carboxylic acids is 1. The molecule has 1 amide bonds. The number of halogens is 1. The molecule has 1 aromatic rings. The smallest absolute Gasteiger partial charge is 0.246 e. The second kappa shape index (κ2) is 5.78. The van der Waals surface area contributed by atoms with Crippen molar-refractivity contribution in [2.75, 3.05) is 19.6 Å². The molecule has 0 bridgehead atoms. The van der Waals surface area contributed by atoms with Crippen LogP contribution in [0.2, 0.25) is 0 Å². The summed E-state index contributed by atoms with van der Waals surface area (Å²) in [5.41, 5.74) is 6.40. The van der Waals surface area contributed by atoms with Gasteiger partial charge in [0.1, 0.15) is 5.82 Å². The number of likely N-dealkylation sites (tertiary alicyclic amines) is 1. The molecule has 3 nitrogen and oxygen atoms in total. The topological polar surface area (TPSA) is 46.3 Å². The minimum atomic E-state index is -0.274. The lowest BCUT2D eigenvalue weighted by molar-refractivity contribution is -0.125. The summed E-state index contributed by atoms with van der Waals surface area (Å²) in [4.78, 5) is 13.7. The van der Waals surface area contributed by atoms with Crippen molar-refractivity contribution in [3.05, 3.63) is 41.7 Å². The number of nitrogens with two attached hydrogens (primary N) is 1. The molecule has 0 aromatic heterocycles. The third kappa shape index (κ3) is 3.17. The first-order valence-electron chi connectivity index (χ1n) is 6.11. The largest absolute Gasteiger partial charge is 0.339 e. The molecule has 0 spiro atoms. The lowest BCUT2D eigenvalue weighted by atomic mass is 10.1. The number of amides is 1. The molecule has 0 radical (unpaired) electrons. The van der Waals surface area contributed by atoms with Gasteiger partial charge in [-0.1, -0.05) is 12.1 Å². The molecule has 1 fully saturated rings. The van der Waals surface area contributed by atoms with Crippen molar-refractivity contribution in [1.82, 2.24) is 4.90 Å². The van der Waals surface area contributed by atoms with Crippen molar-refractivity contribution in [1.29, 1.82) is 0 Å². The highest BCUT2D eigenvalue weighted by Crippen LogP contribution is 2.15. The van der Waals surface area contributed by atoms with Crippen LogP contribution in [0.4, 0.5) is 4.39 Å². The summed E-state index contributed by atoms with van der Waals surface area (Å²) in [5.74, 6) is 0.146. The Morgan fingerprint density at radius 3 is 2.78 bits per heavy atom. The van der Waals surface area contributed by atoms with Gasteiger partial charge in [-0.25, -0.2) is 4.39 Å². The summed E-state index contributed by atoms with van der Waals surface area (Å²) >= 11 is 0. The molecule has 1 aromatic carbocycles. The SMILES string of the molecule is NC[C@H]1CCN(C(=O)/C=C\c2ccc(F)cc2)C1. The quantitative estimate of drug-likeness (QED) is 0.827. The van der Waals surface area contributed by atoms with Gasteiger partial charge in [0.05, 0.1) is 0 Å². The van der Waals surface area contributed by atoms with E-state index in [1.165, 1.54) is 18.2 Å². The van der Waals surface area contributed by atoms with E-state index in [9.17, 15) is 9.18 Å². The molecule has 1 heterocycles. The van der Waals surface area contributed by atoms with Crippen LogP contribution in [0.1, 0.15) is 12.0 Å². The van der Waals surface area contributed by atoms with Crippen molar-refractivity contribution in [2.24, 2.45) is 11.7 Å². The highest BCUT2D eigenvalue weighted by atomic mass is 19.1. The summed E-state index contributed by atoms with van der Waals surface area (Å²) in [6.07, 6.45) is 4.22. The molecule has 4 heteroatoms. The molecule has 2 N–H and O–H groups in total. The lowest BCUT2D eigenvalue weighted by Crippen LogP contribution is -2.28. The third-order valence-electron chi connectivity index (χ3n) is 3.22. The van der Waals surface area contributed by atoms with Crippen LogP contribution >= 0.6 is 0 Å². The van der Waals surface area contributed by atoms with E-state index in [1.807, 2.05) is 0 Å². The van der Waals surface area contributed by atoms with Crippen molar-refractivity contribution < 1.29 is 9.18 Å². The minimum Gasteiger partial charge on any atom is -0.339 e. The summed E-state index contributed by atoms with van der Waals surface area (Å²) in [7, 11) is 0. The van der Waals surface area contributed by atoms with Crippen molar-refractivity contribution in [3.63, 3.8) is 0 Å². The van der Waals surface area contributed by atoms with Gasteiger partial charge < -0.3 is 10.6 Å². The van der Waals surface area contributed by atoms with E-state index >= 15 is 0 Å². The van der Waals surface area contributed by atoms with Gasteiger partial charge in [0.15, 0.2) is 0 Å². The van der Waals surface area contributed by atoms with Crippen LogP contribution in [0.25, 0.3) is 6.08 Å². The molecule has 2 rings (SSSR count).